The van der Waals surface area contributed by atoms with Gasteiger partial charge in [-0.15, -0.1) is 0 Å². The van der Waals surface area contributed by atoms with Crippen molar-refractivity contribution in [3.63, 3.8) is 0 Å². The first-order chi connectivity index (χ1) is 6.78. The molecule has 0 saturated carbocycles. The SMILES string of the molecule is CCC=C(CCC)CCN(CC)CC. The van der Waals surface area contributed by atoms with Crippen molar-refractivity contribution in [2.45, 2.75) is 53.4 Å². The van der Waals surface area contributed by atoms with Gasteiger partial charge in [-0.1, -0.05) is 45.8 Å². The Morgan fingerprint density at radius 3 is 2.07 bits per heavy atom. The minimum Gasteiger partial charge on any atom is -0.304 e. The van der Waals surface area contributed by atoms with E-state index in [1.807, 2.05) is 0 Å². The van der Waals surface area contributed by atoms with Crippen LogP contribution in [0.1, 0.15) is 53.4 Å². The van der Waals surface area contributed by atoms with Crippen LogP contribution >= 0.6 is 0 Å². The van der Waals surface area contributed by atoms with Gasteiger partial charge in [0.1, 0.15) is 0 Å². The summed E-state index contributed by atoms with van der Waals surface area (Å²) in [7, 11) is 0. The van der Waals surface area contributed by atoms with Gasteiger partial charge in [0.15, 0.2) is 0 Å². The monoisotopic (exact) mass is 197 g/mol. The fourth-order valence-electron chi connectivity index (χ4n) is 1.78. The van der Waals surface area contributed by atoms with Gasteiger partial charge in [0.05, 0.1) is 0 Å². The molecule has 0 atom stereocenters. The minimum absolute atomic E-state index is 1.18. The summed E-state index contributed by atoms with van der Waals surface area (Å²) in [5.41, 5.74) is 1.65. The molecular formula is C13H27N. The minimum atomic E-state index is 1.18. The van der Waals surface area contributed by atoms with E-state index in [4.69, 9.17) is 0 Å². The van der Waals surface area contributed by atoms with E-state index in [1.54, 1.807) is 5.57 Å². The second-order valence-electron chi connectivity index (χ2n) is 3.80. The molecule has 0 radical (unpaired) electrons. The Morgan fingerprint density at radius 1 is 1.00 bits per heavy atom. The highest BCUT2D eigenvalue weighted by atomic mass is 15.1. The molecule has 0 spiro atoms. The standard InChI is InChI=1S/C13H27N/c1-5-9-13(10-6-2)11-12-14(7-3)8-4/h9H,5-8,10-12H2,1-4H3. The van der Waals surface area contributed by atoms with Crippen molar-refractivity contribution in [1.29, 1.82) is 0 Å². The van der Waals surface area contributed by atoms with Gasteiger partial charge in [0, 0.05) is 6.54 Å². The average molecular weight is 197 g/mol. The Bertz CT molecular complexity index is 145. The van der Waals surface area contributed by atoms with Gasteiger partial charge in [-0.3, -0.25) is 0 Å². The van der Waals surface area contributed by atoms with Crippen LogP contribution in [0.2, 0.25) is 0 Å². The third-order valence-corrected chi connectivity index (χ3v) is 2.71. The smallest absolute Gasteiger partial charge is 0.00183 e. The van der Waals surface area contributed by atoms with Crippen LogP contribution in [-0.4, -0.2) is 24.5 Å². The van der Waals surface area contributed by atoms with E-state index >= 15 is 0 Å². The fourth-order valence-corrected chi connectivity index (χ4v) is 1.78. The molecular weight excluding hydrogens is 170 g/mol. The van der Waals surface area contributed by atoms with Crippen LogP contribution < -0.4 is 0 Å². The van der Waals surface area contributed by atoms with Crippen molar-refractivity contribution in [3.05, 3.63) is 11.6 Å². The van der Waals surface area contributed by atoms with Crippen LogP contribution in [0.4, 0.5) is 0 Å². The predicted molar refractivity (Wildman–Crippen MR) is 65.7 cm³/mol. The summed E-state index contributed by atoms with van der Waals surface area (Å²) in [6.45, 7) is 12.6. The third-order valence-electron chi connectivity index (χ3n) is 2.71. The molecule has 0 N–H and O–H groups in total. The molecule has 0 fully saturated rings. The molecule has 84 valence electrons. The predicted octanol–water partition coefficient (Wildman–Crippen LogP) is 3.85. The van der Waals surface area contributed by atoms with Crippen molar-refractivity contribution in [2.24, 2.45) is 0 Å². The van der Waals surface area contributed by atoms with Crippen LogP contribution in [0.5, 0.6) is 0 Å². The lowest BCUT2D eigenvalue weighted by Gasteiger charge is -2.18. The van der Waals surface area contributed by atoms with Crippen LogP contribution in [0.25, 0.3) is 0 Å². The number of hydrogen-bond acceptors (Lipinski definition) is 1. The summed E-state index contributed by atoms with van der Waals surface area (Å²) < 4.78 is 0. The first-order valence-electron chi connectivity index (χ1n) is 6.18. The molecule has 0 aliphatic carbocycles. The lowest BCUT2D eigenvalue weighted by Crippen LogP contribution is -2.24. The van der Waals surface area contributed by atoms with Gasteiger partial charge in [0.2, 0.25) is 0 Å². The molecule has 0 aliphatic rings. The highest BCUT2D eigenvalue weighted by Gasteiger charge is 2.01. The second kappa shape index (κ2) is 9.26. The van der Waals surface area contributed by atoms with Gasteiger partial charge in [0.25, 0.3) is 0 Å². The molecule has 14 heavy (non-hydrogen) atoms. The molecule has 0 aromatic heterocycles. The van der Waals surface area contributed by atoms with Gasteiger partial charge in [-0.2, -0.15) is 0 Å². The molecule has 0 unspecified atom stereocenters. The fraction of sp³-hybridized carbons (Fsp3) is 0.846. The van der Waals surface area contributed by atoms with Crippen LogP contribution in [0.3, 0.4) is 0 Å². The zero-order valence-electron chi connectivity index (χ0n) is 10.5. The molecule has 0 heterocycles. The van der Waals surface area contributed by atoms with E-state index in [0.717, 1.165) is 0 Å². The van der Waals surface area contributed by atoms with E-state index in [2.05, 4.69) is 38.7 Å². The van der Waals surface area contributed by atoms with Crippen molar-refractivity contribution in [2.75, 3.05) is 19.6 Å². The topological polar surface area (TPSA) is 3.24 Å². The first kappa shape index (κ1) is 13.7. The number of rotatable bonds is 8. The Hall–Kier alpha value is -0.300. The van der Waals surface area contributed by atoms with Gasteiger partial charge in [-0.25, -0.2) is 0 Å². The first-order valence-corrected chi connectivity index (χ1v) is 6.18. The normalized spacial score (nSPS) is 12.5. The molecule has 0 aliphatic heterocycles. The summed E-state index contributed by atoms with van der Waals surface area (Å²) in [5, 5.41) is 0. The van der Waals surface area contributed by atoms with Crippen molar-refractivity contribution in [1.82, 2.24) is 4.90 Å². The maximum absolute atomic E-state index is 2.50. The lowest BCUT2D eigenvalue weighted by molar-refractivity contribution is 0.306. The highest BCUT2D eigenvalue weighted by Crippen LogP contribution is 2.11. The van der Waals surface area contributed by atoms with E-state index < -0.39 is 0 Å². The highest BCUT2D eigenvalue weighted by molar-refractivity contribution is 5.01. The van der Waals surface area contributed by atoms with Crippen molar-refractivity contribution >= 4 is 0 Å². The zero-order valence-corrected chi connectivity index (χ0v) is 10.5. The molecule has 1 nitrogen and oxygen atoms in total. The van der Waals surface area contributed by atoms with Crippen molar-refractivity contribution in [3.8, 4) is 0 Å². The summed E-state index contributed by atoms with van der Waals surface area (Å²) in [6, 6.07) is 0. The van der Waals surface area contributed by atoms with Gasteiger partial charge >= 0.3 is 0 Å². The molecule has 0 aromatic rings. The number of allylic oxidation sites excluding steroid dienone is 1. The van der Waals surface area contributed by atoms with Crippen LogP contribution in [0, 0.1) is 0 Å². The lowest BCUT2D eigenvalue weighted by atomic mass is 10.1. The molecule has 1 heteroatoms. The number of nitrogens with zero attached hydrogens (tertiary/aromatic N) is 1. The van der Waals surface area contributed by atoms with Crippen LogP contribution in [0.15, 0.2) is 11.6 Å². The maximum Gasteiger partial charge on any atom is 0.00183 e. The van der Waals surface area contributed by atoms with E-state index in [9.17, 15) is 0 Å². The van der Waals surface area contributed by atoms with Gasteiger partial charge < -0.3 is 4.90 Å². The molecule has 0 saturated heterocycles. The summed E-state index contributed by atoms with van der Waals surface area (Å²) >= 11 is 0. The zero-order chi connectivity index (χ0) is 10.8. The van der Waals surface area contributed by atoms with Crippen LogP contribution in [-0.2, 0) is 0 Å². The Kier molecular flexibility index (Phi) is 9.06. The Morgan fingerprint density at radius 2 is 1.64 bits per heavy atom. The van der Waals surface area contributed by atoms with Gasteiger partial charge in [-0.05, 0) is 32.4 Å². The third kappa shape index (κ3) is 6.20. The average Bonchev–Trinajstić information content (AvgIpc) is 2.20. The molecule has 0 bridgehead atoms. The summed E-state index contributed by atoms with van der Waals surface area (Å²) in [5.74, 6) is 0. The van der Waals surface area contributed by atoms with E-state index in [-0.39, 0.29) is 0 Å². The quantitative estimate of drug-likeness (QED) is 0.534. The van der Waals surface area contributed by atoms with E-state index in [1.165, 1.54) is 45.3 Å². The Balaban J connectivity index is 3.85. The molecule has 0 aromatic carbocycles. The van der Waals surface area contributed by atoms with Crippen molar-refractivity contribution < 1.29 is 0 Å². The summed E-state index contributed by atoms with van der Waals surface area (Å²) in [6.07, 6.45) is 7.43. The maximum atomic E-state index is 2.50. The summed E-state index contributed by atoms with van der Waals surface area (Å²) in [4.78, 5) is 2.50. The molecule has 0 amide bonds. The Labute approximate surface area is 90.2 Å². The molecule has 0 rings (SSSR count). The second-order valence-corrected chi connectivity index (χ2v) is 3.80. The number of hydrogen-bond donors (Lipinski definition) is 0. The van der Waals surface area contributed by atoms with E-state index in [0.29, 0.717) is 0 Å². The largest absolute Gasteiger partial charge is 0.304 e.